The van der Waals surface area contributed by atoms with Crippen LogP contribution < -0.4 is 0 Å². The van der Waals surface area contributed by atoms with Crippen LogP contribution in [0.15, 0.2) is 60.7 Å². The fourth-order valence-electron chi connectivity index (χ4n) is 3.65. The number of esters is 1. The number of hydrogen-bond acceptors (Lipinski definition) is 6. The molecular weight excluding hydrogens is 450 g/mol. The zero-order valence-electron chi connectivity index (χ0n) is 20.3. The molecule has 0 spiro atoms. The summed E-state index contributed by atoms with van der Waals surface area (Å²) in [6.45, 7) is 7.29. The molecule has 2 N–H and O–H groups in total. The van der Waals surface area contributed by atoms with Crippen molar-refractivity contribution in [1.29, 1.82) is 0 Å². The van der Waals surface area contributed by atoms with Crippen LogP contribution in [0.2, 0.25) is 0 Å². The molecule has 1 fully saturated rings. The fraction of sp³-hybridized carbons (Fsp3) is 0.444. The van der Waals surface area contributed by atoms with E-state index in [0.717, 1.165) is 32.5 Å². The predicted molar refractivity (Wildman–Crippen MR) is 131 cm³/mol. The molecule has 2 aromatic rings. The first kappa shape index (κ1) is 28.0. The number of nitrogens with zero attached hydrogens (tertiary/aromatic N) is 1. The van der Waals surface area contributed by atoms with Crippen LogP contribution >= 0.6 is 0 Å². The van der Waals surface area contributed by atoms with Crippen molar-refractivity contribution in [2.45, 2.75) is 45.3 Å². The van der Waals surface area contributed by atoms with Gasteiger partial charge in [-0.15, -0.1) is 0 Å². The summed E-state index contributed by atoms with van der Waals surface area (Å²) in [7, 11) is 0. The van der Waals surface area contributed by atoms with Crippen molar-refractivity contribution in [2.24, 2.45) is 5.92 Å². The van der Waals surface area contributed by atoms with E-state index in [0.29, 0.717) is 18.9 Å². The number of carboxylic acid groups (broad SMARTS) is 2. The van der Waals surface area contributed by atoms with Crippen LogP contribution in [0.5, 0.6) is 0 Å². The van der Waals surface area contributed by atoms with Gasteiger partial charge >= 0.3 is 17.9 Å². The van der Waals surface area contributed by atoms with E-state index in [1.54, 1.807) is 0 Å². The minimum absolute atomic E-state index is 0.0417. The maximum atomic E-state index is 11.8. The van der Waals surface area contributed by atoms with Gasteiger partial charge in [0.1, 0.15) is 6.10 Å². The Morgan fingerprint density at radius 1 is 0.886 bits per heavy atom. The molecule has 3 rings (SSSR count). The Balaban J connectivity index is 0.000000641. The van der Waals surface area contributed by atoms with E-state index in [2.05, 4.69) is 67.3 Å². The Kier molecular flexibility index (Phi) is 11.9. The van der Waals surface area contributed by atoms with Crippen molar-refractivity contribution >= 4 is 17.9 Å². The summed E-state index contributed by atoms with van der Waals surface area (Å²) in [4.78, 5) is 32.4. The van der Waals surface area contributed by atoms with E-state index in [4.69, 9.17) is 29.3 Å². The number of aliphatic carboxylic acids is 2. The molecule has 0 amide bonds. The lowest BCUT2D eigenvalue weighted by Gasteiger charge is -2.34. The molecule has 0 unspecified atom stereocenters. The molecule has 0 aromatic heterocycles. The first-order valence-electron chi connectivity index (χ1n) is 11.9. The molecule has 8 heteroatoms. The molecular formula is C27H35NO7. The number of piperidine rings is 1. The molecule has 1 aliphatic heterocycles. The standard InChI is InChI=1S/C25H33NO3.C2H2O4/c1-20(2)19-28-24(27)15-18-26-16-13-23(14-17-26)29-25(21-9-5-3-6-10-21)22-11-7-4-8-12-22;3-1(4)2(5)6/h3-12,20,23,25H,13-19H2,1-2H3;(H,3,4)(H,5,6). The first-order chi connectivity index (χ1) is 16.8. The highest BCUT2D eigenvalue weighted by molar-refractivity contribution is 6.27. The normalized spacial score (nSPS) is 14.3. The van der Waals surface area contributed by atoms with Crippen LogP contribution in [0.1, 0.15) is 50.3 Å². The topological polar surface area (TPSA) is 113 Å². The van der Waals surface area contributed by atoms with E-state index < -0.39 is 11.9 Å². The second-order valence-corrected chi connectivity index (χ2v) is 8.82. The quantitative estimate of drug-likeness (QED) is 0.405. The van der Waals surface area contributed by atoms with Gasteiger partial charge < -0.3 is 24.6 Å². The van der Waals surface area contributed by atoms with Gasteiger partial charge in [0.15, 0.2) is 0 Å². The lowest BCUT2D eigenvalue weighted by atomic mass is 10.00. The van der Waals surface area contributed by atoms with E-state index >= 15 is 0 Å². The van der Waals surface area contributed by atoms with Gasteiger partial charge in [0.05, 0.1) is 19.1 Å². The van der Waals surface area contributed by atoms with Gasteiger partial charge in [0, 0.05) is 19.6 Å². The van der Waals surface area contributed by atoms with Crippen LogP contribution in [0.3, 0.4) is 0 Å². The number of likely N-dealkylation sites (tertiary alicyclic amines) is 1. The first-order valence-corrected chi connectivity index (χ1v) is 11.9. The number of carbonyl (C=O) groups is 3. The summed E-state index contributed by atoms with van der Waals surface area (Å²) >= 11 is 0. The highest BCUT2D eigenvalue weighted by atomic mass is 16.5. The van der Waals surface area contributed by atoms with Gasteiger partial charge in [0.25, 0.3) is 0 Å². The van der Waals surface area contributed by atoms with Crippen molar-refractivity contribution in [3.05, 3.63) is 71.8 Å². The summed E-state index contributed by atoms with van der Waals surface area (Å²) in [5.41, 5.74) is 2.38. The average molecular weight is 486 g/mol. The van der Waals surface area contributed by atoms with Crippen molar-refractivity contribution < 1.29 is 34.1 Å². The summed E-state index contributed by atoms with van der Waals surface area (Å²) in [6.07, 6.45) is 2.62. The summed E-state index contributed by atoms with van der Waals surface area (Å²) in [6, 6.07) is 20.9. The molecule has 0 atom stereocenters. The number of carbonyl (C=O) groups excluding carboxylic acids is 1. The molecule has 1 saturated heterocycles. The summed E-state index contributed by atoms with van der Waals surface area (Å²) in [5.74, 6) is -3.36. The van der Waals surface area contributed by atoms with Gasteiger partial charge in [-0.3, -0.25) is 4.79 Å². The van der Waals surface area contributed by atoms with Gasteiger partial charge in [-0.05, 0) is 29.9 Å². The van der Waals surface area contributed by atoms with Crippen LogP contribution in [-0.4, -0.2) is 65.4 Å². The van der Waals surface area contributed by atoms with Crippen molar-refractivity contribution in [3.8, 4) is 0 Å². The zero-order chi connectivity index (χ0) is 25.6. The van der Waals surface area contributed by atoms with Crippen molar-refractivity contribution in [1.82, 2.24) is 4.90 Å². The second-order valence-electron chi connectivity index (χ2n) is 8.82. The number of benzene rings is 2. The third-order valence-corrected chi connectivity index (χ3v) is 5.46. The maximum absolute atomic E-state index is 11.8. The number of rotatable bonds is 9. The van der Waals surface area contributed by atoms with Crippen molar-refractivity contribution in [3.63, 3.8) is 0 Å². The van der Waals surface area contributed by atoms with Crippen LogP contribution in [0.4, 0.5) is 0 Å². The average Bonchev–Trinajstić information content (AvgIpc) is 2.87. The second kappa shape index (κ2) is 14.9. The summed E-state index contributed by atoms with van der Waals surface area (Å²) < 4.78 is 11.9. The number of carboxylic acids is 2. The molecule has 190 valence electrons. The van der Waals surface area contributed by atoms with E-state index in [1.807, 2.05) is 12.1 Å². The Morgan fingerprint density at radius 3 is 1.80 bits per heavy atom. The number of hydrogen-bond donors (Lipinski definition) is 2. The lowest BCUT2D eigenvalue weighted by Crippen LogP contribution is -2.38. The van der Waals surface area contributed by atoms with Crippen LogP contribution in [-0.2, 0) is 23.9 Å². The Bertz CT molecular complexity index is 858. The van der Waals surface area contributed by atoms with Gasteiger partial charge in [-0.2, -0.15) is 0 Å². The highest BCUT2D eigenvalue weighted by Gasteiger charge is 2.25. The molecule has 0 radical (unpaired) electrons. The minimum atomic E-state index is -1.82. The van der Waals surface area contributed by atoms with Crippen molar-refractivity contribution in [2.75, 3.05) is 26.2 Å². The molecule has 1 aliphatic rings. The number of ether oxygens (including phenoxy) is 2. The van der Waals surface area contributed by atoms with E-state index in [1.165, 1.54) is 11.1 Å². The molecule has 8 nitrogen and oxygen atoms in total. The van der Waals surface area contributed by atoms with Crippen LogP contribution in [0, 0.1) is 5.92 Å². The third kappa shape index (κ3) is 10.7. The largest absolute Gasteiger partial charge is 0.473 e. The fourth-order valence-corrected chi connectivity index (χ4v) is 3.65. The molecule has 0 aliphatic carbocycles. The van der Waals surface area contributed by atoms with E-state index in [9.17, 15) is 4.79 Å². The molecule has 35 heavy (non-hydrogen) atoms. The monoisotopic (exact) mass is 485 g/mol. The molecule has 0 bridgehead atoms. The van der Waals surface area contributed by atoms with E-state index in [-0.39, 0.29) is 18.2 Å². The SMILES string of the molecule is CC(C)COC(=O)CCN1CCC(OC(c2ccccc2)c2ccccc2)CC1.O=C(O)C(=O)O. The van der Waals surface area contributed by atoms with Gasteiger partial charge in [-0.25, -0.2) is 9.59 Å². The zero-order valence-corrected chi connectivity index (χ0v) is 20.3. The van der Waals surface area contributed by atoms with Crippen LogP contribution in [0.25, 0.3) is 0 Å². The third-order valence-electron chi connectivity index (χ3n) is 5.46. The predicted octanol–water partition coefficient (Wildman–Crippen LogP) is 4.00. The smallest absolute Gasteiger partial charge is 0.414 e. The minimum Gasteiger partial charge on any atom is -0.473 e. The molecule has 2 aromatic carbocycles. The maximum Gasteiger partial charge on any atom is 0.414 e. The highest BCUT2D eigenvalue weighted by Crippen LogP contribution is 2.30. The Hall–Kier alpha value is -3.23. The Morgan fingerprint density at radius 2 is 1.37 bits per heavy atom. The molecule has 0 saturated carbocycles. The van der Waals surface area contributed by atoms with Gasteiger partial charge in [-0.1, -0.05) is 74.5 Å². The molecule has 1 heterocycles. The lowest BCUT2D eigenvalue weighted by molar-refractivity contribution is -0.159. The summed E-state index contributed by atoms with van der Waals surface area (Å²) in [5, 5.41) is 14.8. The Labute approximate surface area is 206 Å². The van der Waals surface area contributed by atoms with Gasteiger partial charge in [0.2, 0.25) is 0 Å².